The summed E-state index contributed by atoms with van der Waals surface area (Å²) in [6, 6.07) is 6.17. The van der Waals surface area contributed by atoms with Crippen molar-refractivity contribution in [2.24, 2.45) is 5.73 Å². The summed E-state index contributed by atoms with van der Waals surface area (Å²) >= 11 is 0. The van der Waals surface area contributed by atoms with Crippen molar-refractivity contribution >= 4 is 5.91 Å². The molecule has 0 spiro atoms. The number of nitrogens with one attached hydrogen (secondary N) is 1. The molecule has 110 valence electrons. The van der Waals surface area contributed by atoms with Crippen molar-refractivity contribution in [2.75, 3.05) is 0 Å². The van der Waals surface area contributed by atoms with Gasteiger partial charge in [0.25, 0.3) is 5.91 Å². The fourth-order valence-electron chi connectivity index (χ4n) is 2.62. The minimum atomic E-state index is -0.497. The van der Waals surface area contributed by atoms with Gasteiger partial charge in [0.2, 0.25) is 0 Å². The Balaban J connectivity index is 1.96. The van der Waals surface area contributed by atoms with Gasteiger partial charge in [0.05, 0.1) is 0 Å². The molecule has 1 fully saturated rings. The van der Waals surface area contributed by atoms with Gasteiger partial charge in [0, 0.05) is 18.2 Å². The number of ether oxygens (including phenoxy) is 1. The molecule has 0 radical (unpaired) electrons. The van der Waals surface area contributed by atoms with Crippen molar-refractivity contribution in [3.05, 3.63) is 29.3 Å². The number of aryl methyl sites for hydroxylation is 1. The van der Waals surface area contributed by atoms with Crippen molar-refractivity contribution in [3.8, 4) is 5.75 Å². The molecule has 1 amide bonds. The van der Waals surface area contributed by atoms with Crippen LogP contribution in [0.1, 0.15) is 43.7 Å². The fraction of sp³-hybridized carbons (Fsp3) is 0.562. The van der Waals surface area contributed by atoms with Crippen LogP contribution in [0.15, 0.2) is 18.2 Å². The SMILES string of the molecule is Cc1ccc(OC(C)C(=O)NC2CCCC2)c(CN)c1. The Morgan fingerprint density at radius 3 is 2.80 bits per heavy atom. The molecule has 0 saturated heterocycles. The van der Waals surface area contributed by atoms with Crippen LogP contribution in [0.25, 0.3) is 0 Å². The van der Waals surface area contributed by atoms with E-state index < -0.39 is 6.10 Å². The van der Waals surface area contributed by atoms with E-state index in [1.807, 2.05) is 25.1 Å². The van der Waals surface area contributed by atoms with Gasteiger partial charge >= 0.3 is 0 Å². The molecular weight excluding hydrogens is 252 g/mol. The highest BCUT2D eigenvalue weighted by atomic mass is 16.5. The molecule has 1 aliphatic rings. The lowest BCUT2D eigenvalue weighted by molar-refractivity contribution is -0.127. The van der Waals surface area contributed by atoms with Crippen molar-refractivity contribution in [1.82, 2.24) is 5.32 Å². The van der Waals surface area contributed by atoms with Crippen molar-refractivity contribution in [2.45, 2.75) is 58.2 Å². The fourth-order valence-corrected chi connectivity index (χ4v) is 2.62. The molecule has 4 nitrogen and oxygen atoms in total. The van der Waals surface area contributed by atoms with Crippen LogP contribution in [0.4, 0.5) is 0 Å². The van der Waals surface area contributed by atoms with Gasteiger partial charge in [0.15, 0.2) is 6.10 Å². The number of rotatable bonds is 5. The van der Waals surface area contributed by atoms with Crippen LogP contribution in [0.2, 0.25) is 0 Å². The average molecular weight is 276 g/mol. The molecule has 3 N–H and O–H groups in total. The van der Waals surface area contributed by atoms with E-state index in [1.54, 1.807) is 6.92 Å². The number of nitrogens with two attached hydrogens (primary N) is 1. The first-order chi connectivity index (χ1) is 9.60. The second-order valence-electron chi connectivity index (χ2n) is 5.57. The molecule has 1 aromatic carbocycles. The maximum atomic E-state index is 12.1. The Labute approximate surface area is 120 Å². The highest BCUT2D eigenvalue weighted by Crippen LogP contribution is 2.21. The number of hydrogen-bond acceptors (Lipinski definition) is 3. The number of carbonyl (C=O) groups excluding carboxylic acids is 1. The van der Waals surface area contributed by atoms with E-state index in [0.717, 1.165) is 24.0 Å². The summed E-state index contributed by atoms with van der Waals surface area (Å²) in [5.74, 6) is 0.660. The van der Waals surface area contributed by atoms with Crippen LogP contribution < -0.4 is 15.8 Å². The lowest BCUT2D eigenvalue weighted by atomic mass is 10.1. The zero-order valence-electron chi connectivity index (χ0n) is 12.3. The maximum Gasteiger partial charge on any atom is 0.260 e. The van der Waals surface area contributed by atoms with E-state index in [2.05, 4.69) is 5.32 Å². The summed E-state index contributed by atoms with van der Waals surface area (Å²) < 4.78 is 5.77. The number of hydrogen-bond donors (Lipinski definition) is 2. The van der Waals surface area contributed by atoms with Gasteiger partial charge in [-0.25, -0.2) is 0 Å². The van der Waals surface area contributed by atoms with Gasteiger partial charge in [-0.1, -0.05) is 30.5 Å². The highest BCUT2D eigenvalue weighted by molar-refractivity contribution is 5.81. The first-order valence-electron chi connectivity index (χ1n) is 7.36. The lowest BCUT2D eigenvalue weighted by Gasteiger charge is -2.19. The summed E-state index contributed by atoms with van der Waals surface area (Å²) in [5, 5.41) is 3.05. The topological polar surface area (TPSA) is 64.3 Å². The minimum absolute atomic E-state index is 0.0413. The molecular formula is C16H24N2O2. The maximum absolute atomic E-state index is 12.1. The Hall–Kier alpha value is -1.55. The van der Waals surface area contributed by atoms with E-state index in [9.17, 15) is 4.79 Å². The molecule has 0 heterocycles. The molecule has 1 saturated carbocycles. The quantitative estimate of drug-likeness (QED) is 0.867. The molecule has 1 aliphatic carbocycles. The van der Waals surface area contributed by atoms with E-state index in [4.69, 9.17) is 10.5 Å². The zero-order chi connectivity index (χ0) is 14.5. The Bertz CT molecular complexity index is 468. The molecule has 1 aromatic rings. The van der Waals surface area contributed by atoms with Gasteiger partial charge in [-0.15, -0.1) is 0 Å². The number of benzene rings is 1. The van der Waals surface area contributed by atoms with Gasteiger partial charge < -0.3 is 15.8 Å². The van der Waals surface area contributed by atoms with Crippen LogP contribution in [0.5, 0.6) is 5.75 Å². The second kappa shape index (κ2) is 6.75. The van der Waals surface area contributed by atoms with Crippen molar-refractivity contribution in [1.29, 1.82) is 0 Å². The summed E-state index contributed by atoms with van der Waals surface area (Å²) in [6.45, 7) is 4.21. The molecule has 1 atom stereocenters. The normalized spacial score (nSPS) is 16.9. The Morgan fingerprint density at radius 2 is 2.15 bits per heavy atom. The monoisotopic (exact) mass is 276 g/mol. The van der Waals surface area contributed by atoms with Gasteiger partial charge in [-0.3, -0.25) is 4.79 Å². The molecule has 2 rings (SSSR count). The average Bonchev–Trinajstić information content (AvgIpc) is 2.93. The van der Waals surface area contributed by atoms with Crippen LogP contribution in [0.3, 0.4) is 0 Å². The van der Waals surface area contributed by atoms with E-state index >= 15 is 0 Å². The van der Waals surface area contributed by atoms with E-state index in [0.29, 0.717) is 18.3 Å². The first-order valence-corrected chi connectivity index (χ1v) is 7.36. The minimum Gasteiger partial charge on any atom is -0.481 e. The molecule has 1 unspecified atom stereocenters. The van der Waals surface area contributed by atoms with Crippen LogP contribution in [-0.2, 0) is 11.3 Å². The highest BCUT2D eigenvalue weighted by Gasteiger charge is 2.22. The largest absolute Gasteiger partial charge is 0.481 e. The third-order valence-corrected chi connectivity index (χ3v) is 3.81. The third-order valence-electron chi connectivity index (χ3n) is 3.81. The first kappa shape index (κ1) is 14.9. The number of carbonyl (C=O) groups is 1. The van der Waals surface area contributed by atoms with Crippen LogP contribution >= 0.6 is 0 Å². The Morgan fingerprint density at radius 1 is 1.45 bits per heavy atom. The van der Waals surface area contributed by atoms with Gasteiger partial charge in [-0.2, -0.15) is 0 Å². The van der Waals surface area contributed by atoms with Gasteiger partial charge in [0.1, 0.15) is 5.75 Å². The van der Waals surface area contributed by atoms with Crippen LogP contribution in [-0.4, -0.2) is 18.1 Å². The predicted octanol–water partition coefficient (Wildman–Crippen LogP) is 2.28. The predicted molar refractivity (Wildman–Crippen MR) is 79.6 cm³/mol. The zero-order valence-corrected chi connectivity index (χ0v) is 12.3. The summed E-state index contributed by atoms with van der Waals surface area (Å²) in [7, 11) is 0. The molecule has 0 bridgehead atoms. The third kappa shape index (κ3) is 3.73. The van der Waals surface area contributed by atoms with E-state index in [-0.39, 0.29) is 5.91 Å². The van der Waals surface area contributed by atoms with Gasteiger partial charge in [-0.05, 0) is 32.8 Å². The Kier molecular flexibility index (Phi) is 5.01. The van der Waals surface area contributed by atoms with E-state index in [1.165, 1.54) is 12.8 Å². The molecule has 4 heteroatoms. The number of amides is 1. The second-order valence-corrected chi connectivity index (χ2v) is 5.57. The standard InChI is InChI=1S/C16H24N2O2/c1-11-7-8-15(13(9-11)10-17)20-12(2)16(19)18-14-5-3-4-6-14/h7-9,12,14H,3-6,10,17H2,1-2H3,(H,18,19). The summed E-state index contributed by atoms with van der Waals surface area (Å²) in [4.78, 5) is 12.1. The van der Waals surface area contributed by atoms with Crippen LogP contribution in [0, 0.1) is 6.92 Å². The summed E-state index contributed by atoms with van der Waals surface area (Å²) in [6.07, 6.45) is 4.07. The summed E-state index contributed by atoms with van der Waals surface area (Å²) in [5.41, 5.74) is 7.80. The molecule has 0 aliphatic heterocycles. The smallest absolute Gasteiger partial charge is 0.260 e. The molecule has 20 heavy (non-hydrogen) atoms. The molecule has 0 aromatic heterocycles. The van der Waals surface area contributed by atoms with Crippen molar-refractivity contribution in [3.63, 3.8) is 0 Å². The lowest BCUT2D eigenvalue weighted by Crippen LogP contribution is -2.41. The van der Waals surface area contributed by atoms with Crippen molar-refractivity contribution < 1.29 is 9.53 Å².